The van der Waals surface area contributed by atoms with Gasteiger partial charge in [0, 0.05) is 47.2 Å². The molecule has 3 heterocycles. The third-order valence-corrected chi connectivity index (χ3v) is 6.52. The number of hydrogen-bond acceptors (Lipinski definition) is 4. The summed E-state index contributed by atoms with van der Waals surface area (Å²) in [6, 6.07) is 14.3. The molecule has 0 radical (unpaired) electrons. The quantitative estimate of drug-likeness (QED) is 0.529. The van der Waals surface area contributed by atoms with E-state index in [9.17, 15) is 9.18 Å². The zero-order valence-corrected chi connectivity index (χ0v) is 16.5. The second-order valence-electron chi connectivity index (χ2n) is 7.30. The average Bonchev–Trinajstić information content (AvgIpc) is 3.43. The smallest absolute Gasteiger partial charge is 0.253 e. The van der Waals surface area contributed by atoms with Crippen molar-refractivity contribution in [2.75, 3.05) is 13.1 Å². The number of amides is 1. The van der Waals surface area contributed by atoms with E-state index in [0.717, 1.165) is 35.3 Å². The molecule has 0 bridgehead atoms. The van der Waals surface area contributed by atoms with E-state index in [4.69, 9.17) is 0 Å². The number of benzene rings is 2. The first kappa shape index (κ1) is 18.0. The van der Waals surface area contributed by atoms with Crippen LogP contribution in [0.4, 0.5) is 4.39 Å². The van der Waals surface area contributed by atoms with Gasteiger partial charge in [-0.3, -0.25) is 4.79 Å². The Morgan fingerprint density at radius 2 is 2.07 bits per heavy atom. The van der Waals surface area contributed by atoms with Crippen LogP contribution < -0.4 is 0 Å². The molecule has 5 rings (SSSR count). The number of aromatic amines is 1. The maximum atomic E-state index is 14.1. The van der Waals surface area contributed by atoms with Crippen LogP contribution in [0.1, 0.15) is 34.1 Å². The van der Waals surface area contributed by atoms with Crippen molar-refractivity contribution >= 4 is 28.1 Å². The number of fused-ring (bicyclic) bond motifs is 1. The van der Waals surface area contributed by atoms with Crippen molar-refractivity contribution in [3.8, 4) is 10.6 Å². The molecule has 0 aliphatic carbocycles. The summed E-state index contributed by atoms with van der Waals surface area (Å²) in [6.45, 7) is 1.34. The minimum atomic E-state index is -0.296. The van der Waals surface area contributed by atoms with Crippen LogP contribution in [0.2, 0.25) is 0 Å². The van der Waals surface area contributed by atoms with Gasteiger partial charge in [0.1, 0.15) is 10.8 Å². The Bertz CT molecular complexity index is 1180. The molecular formula is C22H19FN4OS. The van der Waals surface area contributed by atoms with E-state index in [0.29, 0.717) is 22.7 Å². The van der Waals surface area contributed by atoms with Gasteiger partial charge in [-0.05, 0) is 49.2 Å². The number of halogens is 1. The van der Waals surface area contributed by atoms with Crippen LogP contribution in [0.3, 0.4) is 0 Å². The van der Waals surface area contributed by atoms with Gasteiger partial charge < -0.3 is 9.88 Å². The Morgan fingerprint density at radius 3 is 2.97 bits per heavy atom. The summed E-state index contributed by atoms with van der Waals surface area (Å²) < 4.78 is 14.1. The van der Waals surface area contributed by atoms with Gasteiger partial charge in [0.05, 0.1) is 0 Å². The Labute approximate surface area is 171 Å². The van der Waals surface area contributed by atoms with Gasteiger partial charge in [-0.25, -0.2) is 4.39 Å². The third kappa shape index (κ3) is 3.42. The van der Waals surface area contributed by atoms with E-state index in [1.54, 1.807) is 18.2 Å². The number of H-pyrrole nitrogens is 1. The monoisotopic (exact) mass is 406 g/mol. The molecule has 1 aliphatic heterocycles. The van der Waals surface area contributed by atoms with Crippen molar-refractivity contribution in [3.05, 3.63) is 71.1 Å². The lowest BCUT2D eigenvalue weighted by atomic mass is 9.98. The fourth-order valence-corrected chi connectivity index (χ4v) is 4.87. The molecule has 1 atom stereocenters. The highest BCUT2D eigenvalue weighted by Crippen LogP contribution is 2.34. The molecule has 1 aliphatic rings. The highest BCUT2D eigenvalue weighted by Gasteiger charge is 2.28. The second kappa shape index (κ2) is 7.40. The molecule has 1 unspecified atom stereocenters. The van der Waals surface area contributed by atoms with Gasteiger partial charge >= 0.3 is 0 Å². The van der Waals surface area contributed by atoms with Gasteiger partial charge in [-0.2, -0.15) is 0 Å². The molecule has 1 saturated heterocycles. The molecule has 29 heavy (non-hydrogen) atoms. The minimum absolute atomic E-state index is 0.0386. The predicted octanol–water partition coefficient (Wildman–Crippen LogP) is 4.85. The normalized spacial score (nSPS) is 17.0. The summed E-state index contributed by atoms with van der Waals surface area (Å²) in [5, 5.41) is 11.0. The molecular weight excluding hydrogens is 387 g/mol. The Kier molecular flexibility index (Phi) is 4.60. The number of nitrogens with one attached hydrogen (secondary N) is 1. The van der Waals surface area contributed by atoms with E-state index in [1.807, 2.05) is 35.4 Å². The summed E-state index contributed by atoms with van der Waals surface area (Å²) in [6.07, 6.45) is 3.74. The van der Waals surface area contributed by atoms with E-state index in [1.165, 1.54) is 17.4 Å². The average molecular weight is 406 g/mol. The first-order valence-electron chi connectivity index (χ1n) is 9.64. The third-order valence-electron chi connectivity index (χ3n) is 5.40. The maximum Gasteiger partial charge on any atom is 0.253 e. The van der Waals surface area contributed by atoms with Crippen LogP contribution in [0, 0.1) is 5.82 Å². The van der Waals surface area contributed by atoms with Gasteiger partial charge in [-0.1, -0.05) is 23.5 Å². The lowest BCUT2D eigenvalue weighted by Crippen LogP contribution is -2.39. The van der Waals surface area contributed by atoms with Gasteiger partial charge in [0.15, 0.2) is 5.01 Å². The summed E-state index contributed by atoms with van der Waals surface area (Å²) in [7, 11) is 0. The largest absolute Gasteiger partial charge is 0.361 e. The van der Waals surface area contributed by atoms with Crippen LogP contribution >= 0.6 is 11.3 Å². The van der Waals surface area contributed by atoms with E-state index in [-0.39, 0.29) is 17.6 Å². The number of nitrogens with zero attached hydrogens (tertiary/aromatic N) is 3. The lowest BCUT2D eigenvalue weighted by molar-refractivity contribution is 0.0707. The first-order valence-corrected chi connectivity index (χ1v) is 10.5. The number of aromatic nitrogens is 3. The number of carbonyl (C=O) groups is 1. The van der Waals surface area contributed by atoms with Crippen LogP contribution in [0.15, 0.2) is 54.7 Å². The number of rotatable bonds is 3. The zero-order valence-electron chi connectivity index (χ0n) is 15.6. The fraction of sp³-hybridized carbons (Fsp3) is 0.227. The standard InChI is InChI=1S/C22H19FN4OS/c23-18-6-2-1-5-17(18)21-26-25-20(29-21)16-4-3-11-27(13-16)22(28)15-7-8-19-14(12-15)9-10-24-19/h1-2,5-10,12,16,24H,3-4,11,13H2. The molecule has 7 heteroatoms. The van der Waals surface area contributed by atoms with E-state index < -0.39 is 0 Å². The summed E-state index contributed by atoms with van der Waals surface area (Å²) in [5.41, 5.74) is 2.19. The van der Waals surface area contributed by atoms with Crippen molar-refractivity contribution in [2.45, 2.75) is 18.8 Å². The minimum Gasteiger partial charge on any atom is -0.361 e. The second-order valence-corrected chi connectivity index (χ2v) is 8.30. The highest BCUT2D eigenvalue weighted by molar-refractivity contribution is 7.14. The van der Waals surface area contributed by atoms with Gasteiger partial charge in [0.25, 0.3) is 5.91 Å². The van der Waals surface area contributed by atoms with Crippen molar-refractivity contribution in [3.63, 3.8) is 0 Å². The van der Waals surface area contributed by atoms with E-state index in [2.05, 4.69) is 15.2 Å². The maximum absolute atomic E-state index is 14.1. The summed E-state index contributed by atoms with van der Waals surface area (Å²) in [5.74, 6) is -0.130. The summed E-state index contributed by atoms with van der Waals surface area (Å²) in [4.78, 5) is 18.1. The molecule has 1 amide bonds. The molecule has 1 N–H and O–H groups in total. The summed E-state index contributed by atoms with van der Waals surface area (Å²) >= 11 is 1.41. The molecule has 4 aromatic rings. The van der Waals surface area contributed by atoms with Crippen molar-refractivity contribution < 1.29 is 9.18 Å². The van der Waals surface area contributed by atoms with Crippen molar-refractivity contribution in [1.29, 1.82) is 0 Å². The first-order chi connectivity index (χ1) is 14.2. The number of piperidine rings is 1. The topological polar surface area (TPSA) is 61.9 Å². The van der Waals surface area contributed by atoms with Gasteiger partial charge in [0.2, 0.25) is 0 Å². The SMILES string of the molecule is O=C(c1ccc2[nH]ccc2c1)N1CCCC(c2nnc(-c3ccccc3F)s2)C1. The zero-order chi connectivity index (χ0) is 19.8. The Morgan fingerprint density at radius 1 is 1.17 bits per heavy atom. The van der Waals surface area contributed by atoms with Crippen LogP contribution in [-0.4, -0.2) is 39.1 Å². The molecule has 0 saturated carbocycles. The lowest BCUT2D eigenvalue weighted by Gasteiger charge is -2.31. The number of hydrogen-bond donors (Lipinski definition) is 1. The highest BCUT2D eigenvalue weighted by atomic mass is 32.1. The van der Waals surface area contributed by atoms with Crippen molar-refractivity contribution in [2.24, 2.45) is 0 Å². The van der Waals surface area contributed by atoms with Crippen LogP contribution in [0.25, 0.3) is 21.5 Å². The van der Waals surface area contributed by atoms with Gasteiger partial charge in [-0.15, -0.1) is 10.2 Å². The molecule has 2 aromatic carbocycles. The van der Waals surface area contributed by atoms with Crippen LogP contribution in [-0.2, 0) is 0 Å². The fourth-order valence-electron chi connectivity index (χ4n) is 3.88. The Balaban J connectivity index is 1.35. The van der Waals surface area contributed by atoms with Crippen LogP contribution in [0.5, 0.6) is 0 Å². The molecule has 146 valence electrons. The molecule has 5 nitrogen and oxygen atoms in total. The predicted molar refractivity (Wildman–Crippen MR) is 111 cm³/mol. The number of likely N-dealkylation sites (tertiary alicyclic amines) is 1. The Hall–Kier alpha value is -3.06. The van der Waals surface area contributed by atoms with E-state index >= 15 is 0 Å². The van der Waals surface area contributed by atoms with Crippen molar-refractivity contribution in [1.82, 2.24) is 20.1 Å². The molecule has 0 spiro atoms. The molecule has 1 fully saturated rings. The number of carbonyl (C=O) groups excluding carboxylic acids is 1. The molecule has 2 aromatic heterocycles.